The fourth-order valence-electron chi connectivity index (χ4n) is 2.87. The molecule has 168 valence electrons. The van der Waals surface area contributed by atoms with Crippen molar-refractivity contribution in [2.45, 2.75) is 30.9 Å². The molecule has 0 spiro atoms. The molecule has 3 aromatic rings. The third-order valence-corrected chi connectivity index (χ3v) is 5.19. The lowest BCUT2D eigenvalue weighted by atomic mass is 10.00. The number of nitrogens with zero attached hydrogens (tertiary/aromatic N) is 3. The average molecular weight is 460 g/mol. The molecule has 0 aromatic carbocycles. The molecule has 9 nitrogen and oxygen atoms in total. The van der Waals surface area contributed by atoms with Crippen molar-refractivity contribution in [2.75, 3.05) is 13.7 Å². The molecule has 3 heterocycles. The first-order valence-corrected chi connectivity index (χ1v) is 10.3. The minimum Gasteiger partial charge on any atom is -0.480 e. The first-order valence-electron chi connectivity index (χ1n) is 8.76. The number of fused-ring (bicyclic) bond motifs is 1. The van der Waals surface area contributed by atoms with E-state index in [0.717, 1.165) is 10.5 Å². The van der Waals surface area contributed by atoms with Crippen molar-refractivity contribution in [3.8, 4) is 23.0 Å². The molecule has 0 radical (unpaired) electrons. The molecule has 0 fully saturated rings. The fraction of sp³-hybridized carbons (Fsp3) is 0.333. The van der Waals surface area contributed by atoms with E-state index in [1.807, 2.05) is 0 Å². The van der Waals surface area contributed by atoms with Crippen LogP contribution in [0.3, 0.4) is 0 Å². The maximum absolute atomic E-state index is 14.5. The van der Waals surface area contributed by atoms with Gasteiger partial charge in [0.1, 0.15) is 11.3 Å². The standard InChI is InChI=1S/C18H19F3N4O5S/c1-18(2,26)9-4-5-25-13(6-9)23-14(17(25)31(22,27)28)10-7-11(19)16(24-15(10)29-3)30-8-12(20)21/h4-7,12,26H,8H2,1-3H3,(H2,22,27,28). The van der Waals surface area contributed by atoms with Crippen LogP contribution in [-0.4, -0.2) is 48.0 Å². The van der Waals surface area contributed by atoms with Crippen LogP contribution in [0.4, 0.5) is 13.2 Å². The summed E-state index contributed by atoms with van der Waals surface area (Å²) in [6, 6.07) is 3.72. The number of ether oxygens (including phenoxy) is 2. The topological polar surface area (TPSA) is 129 Å². The van der Waals surface area contributed by atoms with Gasteiger partial charge in [-0.25, -0.2) is 31.7 Å². The van der Waals surface area contributed by atoms with Crippen molar-refractivity contribution in [3.63, 3.8) is 0 Å². The molecule has 0 amide bonds. The highest BCUT2D eigenvalue weighted by molar-refractivity contribution is 7.89. The normalized spacial score (nSPS) is 12.5. The van der Waals surface area contributed by atoms with Gasteiger partial charge in [-0.05, 0) is 37.6 Å². The second-order valence-corrected chi connectivity index (χ2v) is 8.52. The predicted octanol–water partition coefficient (Wildman–Crippen LogP) is 2.06. The Kier molecular flexibility index (Phi) is 5.86. The quantitative estimate of drug-likeness (QED) is 0.552. The summed E-state index contributed by atoms with van der Waals surface area (Å²) >= 11 is 0. The van der Waals surface area contributed by atoms with Crippen LogP contribution < -0.4 is 14.6 Å². The maximum Gasteiger partial charge on any atom is 0.272 e. The Morgan fingerprint density at radius 1 is 1.26 bits per heavy atom. The van der Waals surface area contributed by atoms with Crippen molar-refractivity contribution in [2.24, 2.45) is 5.14 Å². The summed E-state index contributed by atoms with van der Waals surface area (Å²) in [5, 5.41) is 15.1. The van der Waals surface area contributed by atoms with Gasteiger partial charge in [-0.2, -0.15) is 4.98 Å². The van der Waals surface area contributed by atoms with Gasteiger partial charge in [0, 0.05) is 6.20 Å². The van der Waals surface area contributed by atoms with Crippen LogP contribution >= 0.6 is 0 Å². The molecular weight excluding hydrogens is 441 g/mol. The molecule has 0 atom stereocenters. The molecule has 3 aromatic heterocycles. The number of sulfonamides is 1. The van der Waals surface area contributed by atoms with E-state index in [1.54, 1.807) is 0 Å². The zero-order valence-corrected chi connectivity index (χ0v) is 17.5. The van der Waals surface area contributed by atoms with E-state index in [9.17, 15) is 26.7 Å². The van der Waals surface area contributed by atoms with Gasteiger partial charge in [0.05, 0.1) is 18.3 Å². The maximum atomic E-state index is 14.5. The Labute approximate surface area is 175 Å². The van der Waals surface area contributed by atoms with Gasteiger partial charge in [0.2, 0.25) is 5.88 Å². The highest BCUT2D eigenvalue weighted by Crippen LogP contribution is 2.36. The second-order valence-electron chi connectivity index (χ2n) is 7.05. The number of hydrogen-bond acceptors (Lipinski definition) is 7. The third-order valence-electron chi connectivity index (χ3n) is 4.26. The van der Waals surface area contributed by atoms with E-state index >= 15 is 0 Å². The number of rotatable bonds is 7. The number of aromatic nitrogens is 3. The van der Waals surface area contributed by atoms with Crippen molar-refractivity contribution < 1.29 is 36.2 Å². The number of imidazole rings is 1. The van der Waals surface area contributed by atoms with Crippen LogP contribution in [0.5, 0.6) is 11.8 Å². The average Bonchev–Trinajstić information content (AvgIpc) is 3.04. The minimum atomic E-state index is -4.38. The summed E-state index contributed by atoms with van der Waals surface area (Å²) in [5.41, 5.74) is -1.19. The molecule has 0 bridgehead atoms. The molecule has 0 saturated heterocycles. The lowest BCUT2D eigenvalue weighted by Crippen LogP contribution is -2.17. The Bertz CT molecular complexity index is 1240. The molecule has 0 unspecified atom stereocenters. The van der Waals surface area contributed by atoms with E-state index in [0.29, 0.717) is 5.56 Å². The zero-order valence-electron chi connectivity index (χ0n) is 16.6. The van der Waals surface area contributed by atoms with E-state index < -0.39 is 45.4 Å². The van der Waals surface area contributed by atoms with Crippen molar-refractivity contribution in [1.82, 2.24) is 14.4 Å². The third kappa shape index (κ3) is 4.57. The highest BCUT2D eigenvalue weighted by Gasteiger charge is 2.28. The van der Waals surface area contributed by atoms with Gasteiger partial charge < -0.3 is 14.6 Å². The zero-order chi connectivity index (χ0) is 23.1. The van der Waals surface area contributed by atoms with Crippen LogP contribution in [0.15, 0.2) is 29.4 Å². The number of hydrogen-bond donors (Lipinski definition) is 2. The Morgan fingerprint density at radius 3 is 2.48 bits per heavy atom. The number of nitrogens with two attached hydrogens (primary N) is 1. The monoisotopic (exact) mass is 460 g/mol. The van der Waals surface area contributed by atoms with Crippen LogP contribution in [0.1, 0.15) is 19.4 Å². The highest BCUT2D eigenvalue weighted by atomic mass is 32.2. The van der Waals surface area contributed by atoms with Crippen LogP contribution in [0.25, 0.3) is 16.9 Å². The lowest BCUT2D eigenvalue weighted by Gasteiger charge is -2.17. The minimum absolute atomic E-state index is 0.0964. The summed E-state index contributed by atoms with van der Waals surface area (Å²) in [5.74, 6) is -2.20. The van der Waals surface area contributed by atoms with E-state index in [4.69, 9.17) is 9.88 Å². The molecule has 3 rings (SSSR count). The fourth-order valence-corrected chi connectivity index (χ4v) is 3.73. The van der Waals surface area contributed by atoms with Gasteiger partial charge in [-0.3, -0.25) is 4.40 Å². The number of alkyl halides is 2. The first kappa shape index (κ1) is 22.8. The van der Waals surface area contributed by atoms with Gasteiger partial charge in [-0.15, -0.1) is 0 Å². The summed E-state index contributed by atoms with van der Waals surface area (Å²) in [4.78, 5) is 7.93. The van der Waals surface area contributed by atoms with Gasteiger partial charge in [0.15, 0.2) is 17.5 Å². The summed E-state index contributed by atoms with van der Waals surface area (Å²) in [7, 11) is -3.21. The molecule has 31 heavy (non-hydrogen) atoms. The smallest absolute Gasteiger partial charge is 0.272 e. The number of halogens is 3. The SMILES string of the molecule is COc1nc(OCC(F)F)c(F)cc1-c1nc2cc(C(C)(C)O)ccn2c1S(N)(=O)=O. The predicted molar refractivity (Wildman–Crippen MR) is 103 cm³/mol. The molecule has 0 aliphatic heterocycles. The summed E-state index contributed by atoms with van der Waals surface area (Å²) in [6.45, 7) is 1.97. The van der Waals surface area contributed by atoms with Gasteiger partial charge in [0.25, 0.3) is 22.3 Å². The number of pyridine rings is 2. The first-order chi connectivity index (χ1) is 14.3. The Balaban J connectivity index is 2.27. The second kappa shape index (κ2) is 7.98. The van der Waals surface area contributed by atoms with Crippen LogP contribution in [0.2, 0.25) is 0 Å². The number of primary sulfonamides is 1. The molecule has 0 aliphatic carbocycles. The largest absolute Gasteiger partial charge is 0.480 e. The summed E-state index contributed by atoms with van der Waals surface area (Å²) < 4.78 is 74.7. The van der Waals surface area contributed by atoms with Crippen LogP contribution in [0, 0.1) is 5.82 Å². The van der Waals surface area contributed by atoms with Crippen molar-refractivity contribution in [1.29, 1.82) is 0 Å². The molecule has 0 aliphatic rings. The Hall–Kier alpha value is -2.90. The van der Waals surface area contributed by atoms with Crippen molar-refractivity contribution >= 4 is 15.7 Å². The molecule has 13 heteroatoms. The number of aliphatic hydroxyl groups is 1. The van der Waals surface area contributed by atoms with Gasteiger partial charge >= 0.3 is 0 Å². The van der Waals surface area contributed by atoms with E-state index in [-0.39, 0.29) is 22.8 Å². The molecular formula is C18H19F3N4O5S. The summed E-state index contributed by atoms with van der Waals surface area (Å²) in [6.07, 6.45) is -1.51. The van der Waals surface area contributed by atoms with E-state index in [1.165, 1.54) is 39.3 Å². The van der Waals surface area contributed by atoms with Gasteiger partial charge in [-0.1, -0.05) is 0 Å². The van der Waals surface area contributed by atoms with E-state index in [2.05, 4.69) is 14.7 Å². The van der Waals surface area contributed by atoms with Crippen LogP contribution in [-0.2, 0) is 15.6 Å². The molecule has 0 saturated carbocycles. The molecule has 3 N–H and O–H groups in total. The number of methoxy groups -OCH3 is 1. The lowest BCUT2D eigenvalue weighted by molar-refractivity contribution is 0.0769. The Morgan fingerprint density at radius 2 is 1.94 bits per heavy atom. The van der Waals surface area contributed by atoms with Crippen molar-refractivity contribution in [3.05, 3.63) is 35.8 Å².